The number of anilines is 1. The van der Waals surface area contributed by atoms with E-state index in [1.54, 1.807) is 11.9 Å². The Bertz CT molecular complexity index is 676. The van der Waals surface area contributed by atoms with Gasteiger partial charge in [-0.05, 0) is 18.6 Å². The van der Waals surface area contributed by atoms with E-state index in [1.165, 1.54) is 0 Å². The van der Waals surface area contributed by atoms with Crippen LogP contribution in [0.25, 0.3) is 0 Å². The second kappa shape index (κ2) is 4.93. The summed E-state index contributed by atoms with van der Waals surface area (Å²) in [5.74, 6) is -0.0334. The Balaban J connectivity index is 2.02. The first-order valence-electron chi connectivity index (χ1n) is 6.68. The lowest BCUT2D eigenvalue weighted by Gasteiger charge is -2.09. The van der Waals surface area contributed by atoms with Crippen LogP contribution in [-0.2, 0) is 4.79 Å². The van der Waals surface area contributed by atoms with Crippen molar-refractivity contribution in [2.45, 2.75) is 13.0 Å². The first kappa shape index (κ1) is 12.6. The molecule has 2 aromatic carbocycles. The van der Waals surface area contributed by atoms with Crippen LogP contribution < -0.4 is 4.90 Å². The first-order chi connectivity index (χ1) is 9.68. The molecule has 0 spiro atoms. The van der Waals surface area contributed by atoms with Crippen molar-refractivity contribution in [3.8, 4) is 0 Å². The number of benzene rings is 2. The van der Waals surface area contributed by atoms with Gasteiger partial charge in [0.2, 0.25) is 0 Å². The Morgan fingerprint density at radius 3 is 2.40 bits per heavy atom. The molecule has 1 aliphatic heterocycles. The van der Waals surface area contributed by atoms with Gasteiger partial charge in [-0.25, -0.2) is 0 Å². The molecule has 1 unspecified atom stereocenters. The van der Waals surface area contributed by atoms with E-state index in [9.17, 15) is 4.79 Å². The third-order valence-corrected chi connectivity index (χ3v) is 3.63. The number of carbonyl (C=O) groups is 1. The molecule has 100 valence electrons. The van der Waals surface area contributed by atoms with Crippen LogP contribution in [0, 0.1) is 0 Å². The minimum atomic E-state index is -0.0334. The highest BCUT2D eigenvalue weighted by Gasteiger charge is 2.31. The minimum absolute atomic E-state index is 0.0327. The Morgan fingerprint density at radius 1 is 1.00 bits per heavy atom. The fourth-order valence-electron chi connectivity index (χ4n) is 2.47. The lowest BCUT2D eigenvalue weighted by atomic mass is 10.1. The number of hydrogen-bond donors (Lipinski definition) is 0. The highest BCUT2D eigenvalue weighted by molar-refractivity contribution is 6.54. The van der Waals surface area contributed by atoms with Gasteiger partial charge in [0.1, 0.15) is 5.71 Å². The van der Waals surface area contributed by atoms with Crippen LogP contribution >= 0.6 is 0 Å². The van der Waals surface area contributed by atoms with Crippen molar-refractivity contribution in [1.82, 2.24) is 0 Å². The number of nitrogens with zero attached hydrogens (tertiary/aromatic N) is 2. The molecule has 0 aromatic heterocycles. The van der Waals surface area contributed by atoms with Crippen molar-refractivity contribution < 1.29 is 4.79 Å². The summed E-state index contributed by atoms with van der Waals surface area (Å²) in [6, 6.07) is 17.8. The maximum atomic E-state index is 12.3. The molecule has 1 heterocycles. The molecule has 1 atom stereocenters. The summed E-state index contributed by atoms with van der Waals surface area (Å²) in [4.78, 5) is 18.6. The van der Waals surface area contributed by atoms with Crippen molar-refractivity contribution in [3.05, 3.63) is 65.7 Å². The average Bonchev–Trinajstić information content (AvgIpc) is 2.74. The van der Waals surface area contributed by atoms with Gasteiger partial charge in [0.05, 0.1) is 11.7 Å². The van der Waals surface area contributed by atoms with Gasteiger partial charge in [0.15, 0.2) is 0 Å². The third kappa shape index (κ3) is 2.01. The smallest absolute Gasteiger partial charge is 0.276 e. The zero-order valence-corrected chi connectivity index (χ0v) is 11.6. The molecule has 1 amide bonds. The van der Waals surface area contributed by atoms with E-state index >= 15 is 0 Å². The molecule has 3 heteroatoms. The maximum Gasteiger partial charge on any atom is 0.276 e. The monoisotopic (exact) mass is 264 g/mol. The molecule has 2 aromatic rings. The molecule has 20 heavy (non-hydrogen) atoms. The number of likely N-dealkylation sites (N-methyl/N-ethyl adjacent to an activating group) is 1. The predicted molar refractivity (Wildman–Crippen MR) is 81.2 cm³/mol. The molecule has 0 saturated heterocycles. The molecular formula is C17H16N2O. The lowest BCUT2D eigenvalue weighted by Crippen LogP contribution is -2.25. The zero-order valence-electron chi connectivity index (χ0n) is 11.6. The molecule has 0 fully saturated rings. The summed E-state index contributed by atoms with van der Waals surface area (Å²) >= 11 is 0. The number of amides is 1. The van der Waals surface area contributed by atoms with Crippen LogP contribution in [0.15, 0.2) is 59.6 Å². The van der Waals surface area contributed by atoms with Crippen LogP contribution in [0.5, 0.6) is 0 Å². The molecular weight excluding hydrogens is 248 g/mol. The summed E-state index contributed by atoms with van der Waals surface area (Å²) < 4.78 is 0. The predicted octanol–water partition coefficient (Wildman–Crippen LogP) is 3.21. The van der Waals surface area contributed by atoms with Gasteiger partial charge >= 0.3 is 0 Å². The van der Waals surface area contributed by atoms with Gasteiger partial charge in [-0.1, -0.05) is 48.5 Å². The lowest BCUT2D eigenvalue weighted by molar-refractivity contribution is -0.112. The van der Waals surface area contributed by atoms with E-state index in [2.05, 4.69) is 4.99 Å². The summed E-state index contributed by atoms with van der Waals surface area (Å²) in [6.45, 7) is 2.01. The fraction of sp³-hybridized carbons (Fsp3) is 0.176. The quantitative estimate of drug-likeness (QED) is 0.819. The standard InChI is InChI=1S/C17H16N2O/c1-12(13-8-4-3-5-9-13)18-16-14-10-6-7-11-15(14)19(2)17(16)20/h3-12H,1-2H3. The molecule has 0 aliphatic carbocycles. The molecule has 3 nitrogen and oxygen atoms in total. The van der Waals surface area contributed by atoms with Crippen LogP contribution in [-0.4, -0.2) is 18.7 Å². The minimum Gasteiger partial charge on any atom is -0.309 e. The molecule has 0 saturated carbocycles. The van der Waals surface area contributed by atoms with Crippen molar-refractivity contribution in [1.29, 1.82) is 0 Å². The second-order valence-corrected chi connectivity index (χ2v) is 4.95. The molecule has 0 bridgehead atoms. The SMILES string of the molecule is CC(N=C1C(=O)N(C)c2ccccc21)c1ccccc1. The number of para-hydroxylation sites is 1. The Labute approximate surface area is 118 Å². The Hall–Kier alpha value is -2.42. The van der Waals surface area contributed by atoms with Gasteiger partial charge in [-0.2, -0.15) is 0 Å². The van der Waals surface area contributed by atoms with Crippen molar-refractivity contribution in [2.75, 3.05) is 11.9 Å². The number of hydrogen-bond acceptors (Lipinski definition) is 2. The normalized spacial score (nSPS) is 17.4. The fourth-order valence-corrected chi connectivity index (χ4v) is 2.47. The van der Waals surface area contributed by atoms with Crippen LogP contribution in [0.2, 0.25) is 0 Å². The summed E-state index contributed by atoms with van der Waals surface area (Å²) in [6.07, 6.45) is 0. The van der Waals surface area contributed by atoms with E-state index in [-0.39, 0.29) is 11.9 Å². The van der Waals surface area contributed by atoms with Crippen molar-refractivity contribution in [2.24, 2.45) is 4.99 Å². The highest BCUT2D eigenvalue weighted by atomic mass is 16.2. The molecule has 1 aliphatic rings. The van der Waals surface area contributed by atoms with Gasteiger partial charge in [0.25, 0.3) is 5.91 Å². The number of aliphatic imine (C=N–C) groups is 1. The molecule has 0 radical (unpaired) electrons. The van der Waals surface area contributed by atoms with Crippen LogP contribution in [0.4, 0.5) is 5.69 Å². The third-order valence-electron chi connectivity index (χ3n) is 3.63. The largest absolute Gasteiger partial charge is 0.309 e. The van der Waals surface area contributed by atoms with Crippen LogP contribution in [0.1, 0.15) is 24.1 Å². The highest BCUT2D eigenvalue weighted by Crippen LogP contribution is 2.29. The van der Waals surface area contributed by atoms with E-state index in [4.69, 9.17) is 0 Å². The van der Waals surface area contributed by atoms with Crippen molar-refractivity contribution >= 4 is 17.3 Å². The number of carbonyl (C=O) groups excluding carboxylic acids is 1. The van der Waals surface area contributed by atoms with E-state index in [0.717, 1.165) is 16.8 Å². The van der Waals surface area contributed by atoms with Gasteiger partial charge in [0, 0.05) is 12.6 Å². The summed E-state index contributed by atoms with van der Waals surface area (Å²) in [5.41, 5.74) is 3.51. The Morgan fingerprint density at radius 2 is 1.65 bits per heavy atom. The van der Waals surface area contributed by atoms with Crippen molar-refractivity contribution in [3.63, 3.8) is 0 Å². The summed E-state index contributed by atoms with van der Waals surface area (Å²) in [7, 11) is 1.79. The van der Waals surface area contributed by atoms with E-state index in [1.807, 2.05) is 61.5 Å². The Kier molecular flexibility index (Phi) is 3.11. The summed E-state index contributed by atoms with van der Waals surface area (Å²) in [5, 5.41) is 0. The molecule has 3 rings (SSSR count). The average molecular weight is 264 g/mol. The van der Waals surface area contributed by atoms with Gasteiger partial charge in [-0.3, -0.25) is 9.79 Å². The topological polar surface area (TPSA) is 32.7 Å². The molecule has 0 N–H and O–H groups in total. The van der Waals surface area contributed by atoms with E-state index in [0.29, 0.717) is 5.71 Å². The maximum absolute atomic E-state index is 12.3. The number of fused-ring (bicyclic) bond motifs is 1. The first-order valence-corrected chi connectivity index (χ1v) is 6.68. The second-order valence-electron chi connectivity index (χ2n) is 4.95. The zero-order chi connectivity index (χ0) is 14.1. The van der Waals surface area contributed by atoms with E-state index < -0.39 is 0 Å². The van der Waals surface area contributed by atoms with Gasteiger partial charge < -0.3 is 4.90 Å². The van der Waals surface area contributed by atoms with Gasteiger partial charge in [-0.15, -0.1) is 0 Å². The number of rotatable bonds is 2. The van der Waals surface area contributed by atoms with Crippen LogP contribution in [0.3, 0.4) is 0 Å².